The van der Waals surface area contributed by atoms with Crippen LogP contribution in [0.1, 0.15) is 24.5 Å². The van der Waals surface area contributed by atoms with Gasteiger partial charge in [-0.2, -0.15) is 11.8 Å². The highest BCUT2D eigenvalue weighted by atomic mass is 32.2. The fraction of sp³-hybridized carbons (Fsp3) is 0.571. The summed E-state index contributed by atoms with van der Waals surface area (Å²) in [6.07, 6.45) is 1.30. The molecular formula is C14H21NOS. The summed E-state index contributed by atoms with van der Waals surface area (Å²) in [6.45, 7) is 3.98. The van der Waals surface area contributed by atoms with Crippen LogP contribution in [0.4, 0.5) is 0 Å². The molecule has 1 aromatic carbocycles. The normalized spacial score (nSPS) is 24.1. The van der Waals surface area contributed by atoms with E-state index in [0.717, 1.165) is 11.8 Å². The van der Waals surface area contributed by atoms with Crippen LogP contribution < -0.4 is 5.32 Å². The number of ether oxygens (including phenoxy) is 1. The zero-order valence-corrected chi connectivity index (χ0v) is 11.4. The van der Waals surface area contributed by atoms with Crippen LogP contribution in [-0.4, -0.2) is 24.2 Å². The van der Waals surface area contributed by atoms with Gasteiger partial charge in [-0.1, -0.05) is 31.2 Å². The number of methoxy groups -OCH3 is 1. The molecular weight excluding hydrogens is 230 g/mol. The van der Waals surface area contributed by atoms with Gasteiger partial charge < -0.3 is 10.1 Å². The zero-order chi connectivity index (χ0) is 12.1. The zero-order valence-electron chi connectivity index (χ0n) is 10.6. The number of rotatable bonds is 5. The van der Waals surface area contributed by atoms with E-state index in [-0.39, 0.29) is 0 Å². The van der Waals surface area contributed by atoms with Crippen LogP contribution in [0, 0.1) is 0 Å². The van der Waals surface area contributed by atoms with E-state index in [1.807, 2.05) is 0 Å². The van der Waals surface area contributed by atoms with Gasteiger partial charge in [-0.15, -0.1) is 0 Å². The summed E-state index contributed by atoms with van der Waals surface area (Å²) in [5, 5.41) is 4.40. The number of nitrogens with one attached hydrogen (secondary N) is 1. The molecule has 0 aliphatic carbocycles. The van der Waals surface area contributed by atoms with Gasteiger partial charge in [-0.05, 0) is 23.3 Å². The Labute approximate surface area is 108 Å². The first-order valence-electron chi connectivity index (χ1n) is 6.21. The fourth-order valence-corrected chi connectivity index (χ4v) is 3.47. The monoisotopic (exact) mass is 251 g/mol. The minimum atomic E-state index is 0.672. The van der Waals surface area contributed by atoms with E-state index in [4.69, 9.17) is 4.74 Å². The molecule has 3 heteroatoms. The molecule has 0 radical (unpaired) electrons. The lowest BCUT2D eigenvalue weighted by molar-refractivity contribution is 0.185. The van der Waals surface area contributed by atoms with Gasteiger partial charge in [0.15, 0.2) is 0 Å². The Kier molecular flexibility index (Phi) is 4.89. The molecule has 0 aromatic heterocycles. The minimum absolute atomic E-state index is 0.672. The van der Waals surface area contributed by atoms with Crippen molar-refractivity contribution in [1.82, 2.24) is 5.32 Å². The molecule has 94 valence electrons. The second-order valence-electron chi connectivity index (χ2n) is 4.60. The first-order valence-corrected chi connectivity index (χ1v) is 7.26. The SMILES string of the molecule is COCc1cccc(CNC2CCSC2C)c1. The molecule has 2 atom stereocenters. The van der Waals surface area contributed by atoms with Crippen molar-refractivity contribution < 1.29 is 4.74 Å². The van der Waals surface area contributed by atoms with Crippen molar-refractivity contribution >= 4 is 11.8 Å². The molecule has 17 heavy (non-hydrogen) atoms. The summed E-state index contributed by atoms with van der Waals surface area (Å²) in [7, 11) is 1.74. The van der Waals surface area contributed by atoms with Crippen molar-refractivity contribution in [3.8, 4) is 0 Å². The van der Waals surface area contributed by atoms with Gasteiger partial charge in [-0.3, -0.25) is 0 Å². The van der Waals surface area contributed by atoms with Crippen molar-refractivity contribution in [2.24, 2.45) is 0 Å². The molecule has 0 bridgehead atoms. The molecule has 1 fully saturated rings. The molecule has 2 unspecified atom stereocenters. The van der Waals surface area contributed by atoms with Gasteiger partial charge >= 0.3 is 0 Å². The van der Waals surface area contributed by atoms with Crippen LogP contribution in [0.5, 0.6) is 0 Å². The lowest BCUT2D eigenvalue weighted by atomic mass is 10.1. The van der Waals surface area contributed by atoms with Crippen molar-refractivity contribution in [3.63, 3.8) is 0 Å². The number of thioether (sulfide) groups is 1. The number of benzene rings is 1. The summed E-state index contributed by atoms with van der Waals surface area (Å²) in [6, 6.07) is 9.30. The quantitative estimate of drug-likeness (QED) is 0.869. The van der Waals surface area contributed by atoms with Gasteiger partial charge in [0.2, 0.25) is 0 Å². The van der Waals surface area contributed by atoms with Crippen molar-refractivity contribution in [1.29, 1.82) is 0 Å². The Morgan fingerprint density at radius 3 is 2.94 bits per heavy atom. The lowest BCUT2D eigenvalue weighted by Gasteiger charge is -2.16. The molecule has 0 amide bonds. The van der Waals surface area contributed by atoms with E-state index in [1.54, 1.807) is 7.11 Å². The van der Waals surface area contributed by atoms with Crippen molar-refractivity contribution in [2.75, 3.05) is 12.9 Å². The van der Waals surface area contributed by atoms with E-state index in [0.29, 0.717) is 12.6 Å². The predicted octanol–water partition coefficient (Wildman–Crippen LogP) is 2.82. The van der Waals surface area contributed by atoms with Crippen LogP contribution >= 0.6 is 11.8 Å². The molecule has 1 aliphatic rings. The smallest absolute Gasteiger partial charge is 0.0713 e. The molecule has 0 spiro atoms. The molecule has 1 N–H and O–H groups in total. The van der Waals surface area contributed by atoms with Gasteiger partial charge in [-0.25, -0.2) is 0 Å². The van der Waals surface area contributed by atoms with Crippen LogP contribution in [0.25, 0.3) is 0 Å². The summed E-state index contributed by atoms with van der Waals surface area (Å²) >= 11 is 2.07. The first kappa shape index (κ1) is 12.9. The third-order valence-electron chi connectivity index (χ3n) is 3.25. The van der Waals surface area contributed by atoms with E-state index in [9.17, 15) is 0 Å². The Morgan fingerprint density at radius 2 is 2.24 bits per heavy atom. The molecule has 2 nitrogen and oxygen atoms in total. The third-order valence-corrected chi connectivity index (χ3v) is 4.57. The van der Waals surface area contributed by atoms with Gasteiger partial charge in [0.05, 0.1) is 6.61 Å². The number of hydrogen-bond donors (Lipinski definition) is 1. The molecule has 1 saturated heterocycles. The Morgan fingerprint density at radius 1 is 1.41 bits per heavy atom. The van der Waals surface area contributed by atoms with Crippen LogP contribution in [-0.2, 0) is 17.9 Å². The molecule has 1 aliphatic heterocycles. The summed E-state index contributed by atoms with van der Waals surface area (Å²) in [4.78, 5) is 0. The van der Waals surface area contributed by atoms with Gasteiger partial charge in [0.25, 0.3) is 0 Å². The summed E-state index contributed by atoms with van der Waals surface area (Å²) in [5.41, 5.74) is 2.60. The average molecular weight is 251 g/mol. The van der Waals surface area contributed by atoms with Gasteiger partial charge in [0.1, 0.15) is 0 Å². The van der Waals surface area contributed by atoms with Crippen molar-refractivity contribution in [2.45, 2.75) is 37.8 Å². The highest BCUT2D eigenvalue weighted by molar-refractivity contribution is 8.00. The van der Waals surface area contributed by atoms with Crippen molar-refractivity contribution in [3.05, 3.63) is 35.4 Å². The predicted molar refractivity (Wildman–Crippen MR) is 74.3 cm³/mol. The second-order valence-corrected chi connectivity index (χ2v) is 6.09. The fourth-order valence-electron chi connectivity index (χ4n) is 2.24. The van der Waals surface area contributed by atoms with Crippen LogP contribution in [0.15, 0.2) is 24.3 Å². The van der Waals surface area contributed by atoms with E-state index in [2.05, 4.69) is 48.3 Å². The molecule has 1 heterocycles. The largest absolute Gasteiger partial charge is 0.380 e. The van der Waals surface area contributed by atoms with E-state index in [1.165, 1.54) is 23.3 Å². The van der Waals surface area contributed by atoms with E-state index < -0.39 is 0 Å². The third kappa shape index (κ3) is 3.73. The topological polar surface area (TPSA) is 21.3 Å². The minimum Gasteiger partial charge on any atom is -0.380 e. The molecule has 2 rings (SSSR count). The maximum Gasteiger partial charge on any atom is 0.0713 e. The first-order chi connectivity index (χ1) is 8.29. The highest BCUT2D eigenvalue weighted by Crippen LogP contribution is 2.26. The van der Waals surface area contributed by atoms with Crippen LogP contribution in [0.2, 0.25) is 0 Å². The molecule has 0 saturated carbocycles. The molecule has 1 aromatic rings. The van der Waals surface area contributed by atoms with E-state index >= 15 is 0 Å². The van der Waals surface area contributed by atoms with Gasteiger partial charge in [0, 0.05) is 24.9 Å². The maximum atomic E-state index is 5.15. The maximum absolute atomic E-state index is 5.15. The Balaban J connectivity index is 1.87. The lowest BCUT2D eigenvalue weighted by Crippen LogP contribution is -2.32. The Bertz CT molecular complexity index is 356. The summed E-state index contributed by atoms with van der Waals surface area (Å²) in [5.74, 6) is 1.29. The van der Waals surface area contributed by atoms with Crippen LogP contribution in [0.3, 0.4) is 0 Å². The standard InChI is InChI=1S/C14H21NOS/c1-11-14(6-7-17-11)15-9-12-4-3-5-13(8-12)10-16-2/h3-5,8,11,14-15H,6-7,9-10H2,1-2H3. The number of hydrogen-bond acceptors (Lipinski definition) is 3. The Hall–Kier alpha value is -0.510. The second kappa shape index (κ2) is 6.43. The highest BCUT2D eigenvalue weighted by Gasteiger charge is 2.22. The average Bonchev–Trinajstić information content (AvgIpc) is 2.73. The summed E-state index contributed by atoms with van der Waals surface area (Å²) < 4.78 is 5.15.